The zero-order valence-corrected chi connectivity index (χ0v) is 12.8. The largest absolute Gasteiger partial charge is 0.423 e. The highest BCUT2D eigenvalue weighted by Gasteiger charge is 2.15. The van der Waals surface area contributed by atoms with Crippen LogP contribution in [0.1, 0.15) is 19.4 Å². The van der Waals surface area contributed by atoms with Crippen LogP contribution in [0.25, 0.3) is 11.5 Å². The van der Waals surface area contributed by atoms with Gasteiger partial charge in [-0.3, -0.25) is 0 Å². The molecule has 7 nitrogen and oxygen atoms in total. The number of hydrogen-bond donors (Lipinski definition) is 3. The number of carbonyl (C=O) groups is 1. The lowest BCUT2D eigenvalue weighted by atomic mass is 10.1. The third kappa shape index (κ3) is 3.82. The zero-order chi connectivity index (χ0) is 16.1. The normalized spacial score (nSPS) is 13.5. The van der Waals surface area contributed by atoms with Crippen molar-refractivity contribution in [1.29, 1.82) is 0 Å². The van der Waals surface area contributed by atoms with Crippen molar-refractivity contribution < 1.29 is 14.3 Å². The number of hydrogen-bond acceptors (Lipinski definition) is 5. The molecular formula is C15H20N4O3. The minimum absolute atomic E-state index is 0.0171. The number of aromatic nitrogens is 2. The summed E-state index contributed by atoms with van der Waals surface area (Å²) in [5.74, 6) is 0.377. The van der Waals surface area contributed by atoms with Crippen LogP contribution < -0.4 is 10.6 Å². The van der Waals surface area contributed by atoms with Gasteiger partial charge in [0.1, 0.15) is 0 Å². The van der Waals surface area contributed by atoms with Gasteiger partial charge in [-0.25, -0.2) is 4.79 Å². The van der Waals surface area contributed by atoms with Crippen molar-refractivity contribution in [2.24, 2.45) is 5.92 Å². The predicted molar refractivity (Wildman–Crippen MR) is 82.3 cm³/mol. The fourth-order valence-corrected chi connectivity index (χ4v) is 1.85. The molecule has 0 fully saturated rings. The van der Waals surface area contributed by atoms with Crippen LogP contribution in [0.2, 0.25) is 0 Å². The number of carbonyl (C=O) groups excluding carboxylic acids is 1. The Morgan fingerprint density at radius 1 is 1.41 bits per heavy atom. The second kappa shape index (κ2) is 7.04. The van der Waals surface area contributed by atoms with Crippen molar-refractivity contribution >= 4 is 11.7 Å². The Labute approximate surface area is 128 Å². The number of nitrogens with one attached hydrogen (secondary N) is 2. The minimum atomic E-state index is -0.321. The van der Waals surface area contributed by atoms with E-state index in [0.717, 1.165) is 11.1 Å². The van der Waals surface area contributed by atoms with E-state index >= 15 is 0 Å². The number of amides is 2. The lowest BCUT2D eigenvalue weighted by molar-refractivity contribution is 0.204. The molecule has 2 aromatic rings. The molecule has 2 rings (SSSR count). The van der Waals surface area contributed by atoms with Crippen molar-refractivity contribution in [1.82, 2.24) is 15.5 Å². The van der Waals surface area contributed by atoms with Crippen LogP contribution in [0.15, 0.2) is 29.0 Å². The fourth-order valence-electron chi connectivity index (χ4n) is 1.85. The van der Waals surface area contributed by atoms with Crippen molar-refractivity contribution in [3.63, 3.8) is 0 Å². The fraction of sp³-hybridized carbons (Fsp3) is 0.400. The van der Waals surface area contributed by atoms with Crippen molar-refractivity contribution in [3.05, 3.63) is 30.2 Å². The molecule has 2 unspecified atom stereocenters. The van der Waals surface area contributed by atoms with E-state index in [4.69, 9.17) is 9.52 Å². The summed E-state index contributed by atoms with van der Waals surface area (Å²) in [5, 5.41) is 22.2. The molecule has 0 aliphatic rings. The molecule has 1 aromatic carbocycles. The monoisotopic (exact) mass is 304 g/mol. The number of urea groups is 1. The van der Waals surface area contributed by atoms with E-state index < -0.39 is 0 Å². The molecular weight excluding hydrogens is 284 g/mol. The number of aliphatic hydroxyl groups excluding tert-OH is 1. The first-order chi connectivity index (χ1) is 10.5. The summed E-state index contributed by atoms with van der Waals surface area (Å²) in [6.07, 6.45) is 1.26. The van der Waals surface area contributed by atoms with Gasteiger partial charge in [-0.15, -0.1) is 10.2 Å². The SMILES string of the molecule is Cc1ccc(-c2nnco2)cc1NC(=O)NC(C)C(C)CO. The molecule has 7 heteroatoms. The Bertz CT molecular complexity index is 628. The molecule has 3 N–H and O–H groups in total. The van der Waals surface area contributed by atoms with Gasteiger partial charge in [-0.2, -0.15) is 0 Å². The average molecular weight is 304 g/mol. The second-order valence-electron chi connectivity index (χ2n) is 5.32. The standard InChI is InChI=1S/C15H20N4O3/c1-9-4-5-12(14-19-16-8-22-14)6-13(9)18-15(21)17-11(3)10(2)7-20/h4-6,8,10-11,20H,7H2,1-3H3,(H2,17,18,21). The van der Waals surface area contributed by atoms with Gasteiger partial charge in [0.2, 0.25) is 12.3 Å². The van der Waals surface area contributed by atoms with Crippen LogP contribution in [0.3, 0.4) is 0 Å². The van der Waals surface area contributed by atoms with Crippen molar-refractivity contribution in [3.8, 4) is 11.5 Å². The molecule has 0 saturated carbocycles. The number of nitrogens with zero attached hydrogens (tertiary/aromatic N) is 2. The average Bonchev–Trinajstić information content (AvgIpc) is 3.02. The van der Waals surface area contributed by atoms with E-state index in [-0.39, 0.29) is 24.6 Å². The zero-order valence-electron chi connectivity index (χ0n) is 12.8. The molecule has 118 valence electrons. The van der Waals surface area contributed by atoms with E-state index in [1.807, 2.05) is 32.9 Å². The smallest absolute Gasteiger partial charge is 0.319 e. The quantitative estimate of drug-likeness (QED) is 0.786. The van der Waals surface area contributed by atoms with Gasteiger partial charge in [0.05, 0.1) is 0 Å². The Balaban J connectivity index is 2.09. The minimum Gasteiger partial charge on any atom is -0.423 e. The molecule has 2 amide bonds. The first kappa shape index (κ1) is 16.0. The van der Waals surface area contributed by atoms with E-state index in [0.29, 0.717) is 11.6 Å². The molecule has 2 atom stereocenters. The first-order valence-corrected chi connectivity index (χ1v) is 7.06. The summed E-state index contributed by atoms with van der Waals surface area (Å²) in [6, 6.07) is 5.04. The van der Waals surface area contributed by atoms with Crippen LogP contribution in [-0.4, -0.2) is 34.0 Å². The molecule has 1 heterocycles. The predicted octanol–water partition coefficient (Wildman–Crippen LogP) is 2.18. The summed E-state index contributed by atoms with van der Waals surface area (Å²) in [7, 11) is 0. The Morgan fingerprint density at radius 2 is 2.18 bits per heavy atom. The summed E-state index contributed by atoms with van der Waals surface area (Å²) < 4.78 is 5.15. The van der Waals surface area contributed by atoms with Crippen LogP contribution in [0, 0.1) is 12.8 Å². The lowest BCUT2D eigenvalue weighted by Gasteiger charge is -2.20. The highest BCUT2D eigenvalue weighted by molar-refractivity contribution is 5.91. The number of aliphatic hydroxyl groups is 1. The van der Waals surface area contributed by atoms with Crippen LogP contribution in [-0.2, 0) is 0 Å². The molecule has 0 radical (unpaired) electrons. The van der Waals surface area contributed by atoms with Gasteiger partial charge >= 0.3 is 6.03 Å². The summed E-state index contributed by atoms with van der Waals surface area (Å²) in [5.41, 5.74) is 2.31. The maximum absolute atomic E-state index is 12.0. The number of rotatable bonds is 5. The highest BCUT2D eigenvalue weighted by Crippen LogP contribution is 2.23. The lowest BCUT2D eigenvalue weighted by Crippen LogP contribution is -2.40. The first-order valence-electron chi connectivity index (χ1n) is 7.06. The molecule has 1 aromatic heterocycles. The Kier molecular flexibility index (Phi) is 5.11. The van der Waals surface area contributed by atoms with Crippen LogP contribution >= 0.6 is 0 Å². The van der Waals surface area contributed by atoms with E-state index in [1.54, 1.807) is 6.07 Å². The summed E-state index contributed by atoms with van der Waals surface area (Å²) in [6.45, 7) is 5.63. The Morgan fingerprint density at radius 3 is 2.82 bits per heavy atom. The van der Waals surface area contributed by atoms with E-state index in [2.05, 4.69) is 20.8 Å². The molecule has 0 spiro atoms. The van der Waals surface area contributed by atoms with Gasteiger partial charge < -0.3 is 20.2 Å². The second-order valence-corrected chi connectivity index (χ2v) is 5.32. The van der Waals surface area contributed by atoms with Gasteiger partial charge in [0.25, 0.3) is 0 Å². The van der Waals surface area contributed by atoms with Crippen molar-refractivity contribution in [2.45, 2.75) is 26.8 Å². The van der Waals surface area contributed by atoms with Gasteiger partial charge in [-0.1, -0.05) is 13.0 Å². The van der Waals surface area contributed by atoms with Crippen LogP contribution in [0.4, 0.5) is 10.5 Å². The van der Waals surface area contributed by atoms with E-state index in [9.17, 15) is 4.79 Å². The van der Waals surface area contributed by atoms with Crippen molar-refractivity contribution in [2.75, 3.05) is 11.9 Å². The molecule has 0 bridgehead atoms. The molecule has 0 saturated heterocycles. The van der Waals surface area contributed by atoms with E-state index in [1.165, 1.54) is 6.39 Å². The molecule has 0 aliphatic heterocycles. The molecule has 22 heavy (non-hydrogen) atoms. The third-order valence-electron chi connectivity index (χ3n) is 3.59. The number of aryl methyl sites for hydroxylation is 1. The summed E-state index contributed by atoms with van der Waals surface area (Å²) >= 11 is 0. The van der Waals surface area contributed by atoms with Gasteiger partial charge in [0, 0.05) is 23.9 Å². The summed E-state index contributed by atoms with van der Waals surface area (Å²) in [4.78, 5) is 12.0. The van der Waals surface area contributed by atoms with Gasteiger partial charge in [0.15, 0.2) is 0 Å². The highest BCUT2D eigenvalue weighted by atomic mass is 16.4. The topological polar surface area (TPSA) is 100 Å². The van der Waals surface area contributed by atoms with Gasteiger partial charge in [-0.05, 0) is 37.5 Å². The molecule has 0 aliphatic carbocycles. The third-order valence-corrected chi connectivity index (χ3v) is 3.59. The van der Waals surface area contributed by atoms with Crippen LogP contribution in [0.5, 0.6) is 0 Å². The number of benzene rings is 1. The Hall–Kier alpha value is -2.41. The maximum Gasteiger partial charge on any atom is 0.319 e. The maximum atomic E-state index is 12.0. The number of anilines is 1.